The Balaban J connectivity index is 1.91. The molecular weight excluding hydrogens is 430 g/mol. The van der Waals surface area contributed by atoms with Crippen molar-refractivity contribution >= 4 is 34.6 Å². The average molecular weight is 456 g/mol. The molecule has 2 aromatic heterocycles. The second kappa shape index (κ2) is 7.92. The van der Waals surface area contributed by atoms with Crippen molar-refractivity contribution in [2.75, 3.05) is 0 Å². The molecule has 0 aliphatic carbocycles. The van der Waals surface area contributed by atoms with Crippen LogP contribution in [0.15, 0.2) is 29.3 Å². The summed E-state index contributed by atoms with van der Waals surface area (Å²) in [5.41, 5.74) is 6.36. The molecule has 162 valence electrons. The Morgan fingerprint density at radius 1 is 1.16 bits per heavy atom. The van der Waals surface area contributed by atoms with Crippen molar-refractivity contribution in [2.24, 2.45) is 4.99 Å². The van der Waals surface area contributed by atoms with Crippen molar-refractivity contribution < 1.29 is 9.53 Å². The van der Waals surface area contributed by atoms with Gasteiger partial charge in [0.05, 0.1) is 17.8 Å². The Labute approximate surface area is 191 Å². The SMILES string of the molecule is Cc1[nH]nc2c1-c1sc(C)c(C)c1C(c1ccc(Cl)cc1)=N[C@H]2CC(=O)OC(C)(C)C. The summed E-state index contributed by atoms with van der Waals surface area (Å²) in [5.74, 6) is -0.290. The molecule has 1 aliphatic heterocycles. The average Bonchev–Trinajstić information content (AvgIpc) is 3.14. The van der Waals surface area contributed by atoms with Gasteiger partial charge in [0.1, 0.15) is 11.6 Å². The lowest BCUT2D eigenvalue weighted by Gasteiger charge is -2.21. The minimum absolute atomic E-state index is 0.124. The van der Waals surface area contributed by atoms with Crippen LogP contribution in [0.3, 0.4) is 0 Å². The molecule has 31 heavy (non-hydrogen) atoms. The number of aryl methyl sites for hydroxylation is 2. The summed E-state index contributed by atoms with van der Waals surface area (Å²) >= 11 is 7.88. The number of aromatic nitrogens is 2. The fourth-order valence-corrected chi connectivity index (χ4v) is 5.25. The lowest BCUT2D eigenvalue weighted by atomic mass is 9.96. The van der Waals surface area contributed by atoms with E-state index in [4.69, 9.17) is 21.3 Å². The van der Waals surface area contributed by atoms with Crippen LogP contribution in [0.2, 0.25) is 5.02 Å². The molecule has 0 radical (unpaired) electrons. The van der Waals surface area contributed by atoms with E-state index in [1.807, 2.05) is 52.0 Å². The van der Waals surface area contributed by atoms with E-state index in [9.17, 15) is 4.79 Å². The number of fused-ring (bicyclic) bond motifs is 3. The van der Waals surface area contributed by atoms with Gasteiger partial charge in [-0.2, -0.15) is 5.10 Å². The molecule has 0 spiro atoms. The van der Waals surface area contributed by atoms with Gasteiger partial charge >= 0.3 is 5.97 Å². The van der Waals surface area contributed by atoms with Crippen molar-refractivity contribution in [3.8, 4) is 10.4 Å². The van der Waals surface area contributed by atoms with Crippen LogP contribution in [0.25, 0.3) is 10.4 Å². The number of nitrogens with one attached hydrogen (secondary N) is 1. The van der Waals surface area contributed by atoms with Crippen molar-refractivity contribution in [3.63, 3.8) is 0 Å². The third kappa shape index (κ3) is 4.19. The summed E-state index contributed by atoms with van der Waals surface area (Å²) in [6.07, 6.45) is 0.124. The van der Waals surface area contributed by atoms with Gasteiger partial charge < -0.3 is 4.74 Å². The van der Waals surface area contributed by atoms with Crippen LogP contribution in [-0.2, 0) is 9.53 Å². The number of hydrogen-bond acceptors (Lipinski definition) is 5. The Hall–Kier alpha value is -2.44. The number of H-pyrrole nitrogens is 1. The van der Waals surface area contributed by atoms with E-state index in [1.165, 1.54) is 10.4 Å². The van der Waals surface area contributed by atoms with Crippen LogP contribution < -0.4 is 0 Å². The maximum absolute atomic E-state index is 12.7. The molecule has 1 N–H and O–H groups in total. The summed E-state index contributed by atoms with van der Waals surface area (Å²) < 4.78 is 5.60. The van der Waals surface area contributed by atoms with E-state index in [2.05, 4.69) is 24.0 Å². The Kier molecular flexibility index (Phi) is 5.56. The van der Waals surface area contributed by atoms with E-state index < -0.39 is 11.6 Å². The molecule has 1 atom stereocenters. The van der Waals surface area contributed by atoms with Crippen LogP contribution >= 0.6 is 22.9 Å². The van der Waals surface area contributed by atoms with Gasteiger partial charge in [-0.15, -0.1) is 11.3 Å². The van der Waals surface area contributed by atoms with E-state index in [-0.39, 0.29) is 12.4 Å². The van der Waals surface area contributed by atoms with Gasteiger partial charge in [0, 0.05) is 37.2 Å². The van der Waals surface area contributed by atoms with Crippen LogP contribution in [-0.4, -0.2) is 27.5 Å². The van der Waals surface area contributed by atoms with Crippen molar-refractivity contribution in [1.29, 1.82) is 0 Å². The van der Waals surface area contributed by atoms with Gasteiger partial charge in [-0.3, -0.25) is 14.9 Å². The summed E-state index contributed by atoms with van der Waals surface area (Å²) in [6, 6.07) is 7.24. The maximum Gasteiger partial charge on any atom is 0.308 e. The normalized spacial score (nSPS) is 15.7. The number of rotatable bonds is 3. The minimum atomic E-state index is -0.554. The second-order valence-corrected chi connectivity index (χ2v) is 10.5. The van der Waals surface area contributed by atoms with Gasteiger partial charge in [-0.1, -0.05) is 23.7 Å². The first-order chi connectivity index (χ1) is 14.5. The standard InChI is InChI=1S/C24H26ClN3O2S/c1-12-14(3)31-23-19(12)21(15-7-9-16(25)10-8-15)26-17(11-18(29)30-24(4,5)6)22-20(23)13(2)27-28-22/h7-10,17H,11H2,1-6H3,(H,27,28)/t17-/m0/s1. The van der Waals surface area contributed by atoms with Gasteiger partial charge in [-0.25, -0.2) is 0 Å². The van der Waals surface area contributed by atoms with E-state index in [0.29, 0.717) is 5.02 Å². The molecule has 0 saturated carbocycles. The Morgan fingerprint density at radius 2 is 1.84 bits per heavy atom. The fraction of sp³-hybridized carbons (Fsp3) is 0.375. The van der Waals surface area contributed by atoms with E-state index in [0.717, 1.165) is 38.7 Å². The number of esters is 1. The zero-order valence-electron chi connectivity index (χ0n) is 18.6. The van der Waals surface area contributed by atoms with Crippen molar-refractivity contribution in [2.45, 2.75) is 59.6 Å². The molecule has 0 bridgehead atoms. The number of aromatic amines is 1. The molecule has 4 rings (SSSR count). The number of ether oxygens (including phenoxy) is 1. The van der Waals surface area contributed by atoms with Crippen LogP contribution in [0.5, 0.6) is 0 Å². The smallest absolute Gasteiger partial charge is 0.308 e. The largest absolute Gasteiger partial charge is 0.460 e. The number of carbonyl (C=O) groups excluding carboxylic acids is 1. The Bertz CT molecular complexity index is 1180. The molecule has 0 saturated heterocycles. The number of thiophene rings is 1. The summed E-state index contributed by atoms with van der Waals surface area (Å²) in [6.45, 7) is 11.9. The van der Waals surface area contributed by atoms with Crippen LogP contribution in [0.1, 0.15) is 66.2 Å². The first-order valence-corrected chi connectivity index (χ1v) is 11.5. The zero-order chi connectivity index (χ0) is 22.5. The molecule has 1 aliphatic rings. The van der Waals surface area contributed by atoms with Crippen molar-refractivity contribution in [1.82, 2.24) is 10.2 Å². The number of hydrogen-bond donors (Lipinski definition) is 1. The highest BCUT2D eigenvalue weighted by Crippen LogP contribution is 2.45. The summed E-state index contributed by atoms with van der Waals surface area (Å²) in [7, 11) is 0. The quantitative estimate of drug-likeness (QED) is 0.468. The first-order valence-electron chi connectivity index (χ1n) is 10.3. The predicted octanol–water partition coefficient (Wildman–Crippen LogP) is 6.34. The summed E-state index contributed by atoms with van der Waals surface area (Å²) in [4.78, 5) is 20.2. The Morgan fingerprint density at radius 3 is 2.48 bits per heavy atom. The lowest BCUT2D eigenvalue weighted by Crippen LogP contribution is -2.25. The number of aliphatic imine (C=N–C) groups is 1. The van der Waals surface area contributed by atoms with Crippen LogP contribution in [0.4, 0.5) is 0 Å². The molecule has 3 heterocycles. The van der Waals surface area contributed by atoms with Gasteiger partial charge in [0.2, 0.25) is 0 Å². The second-order valence-electron chi connectivity index (χ2n) is 8.89. The lowest BCUT2D eigenvalue weighted by molar-refractivity contribution is -0.155. The highest BCUT2D eigenvalue weighted by molar-refractivity contribution is 7.16. The highest BCUT2D eigenvalue weighted by Gasteiger charge is 2.33. The molecule has 0 unspecified atom stereocenters. The highest BCUT2D eigenvalue weighted by atomic mass is 35.5. The topological polar surface area (TPSA) is 67.3 Å². The molecule has 3 aromatic rings. The molecule has 0 amide bonds. The number of benzene rings is 1. The minimum Gasteiger partial charge on any atom is -0.460 e. The van der Waals surface area contributed by atoms with E-state index in [1.54, 1.807) is 11.3 Å². The molecular formula is C24H26ClN3O2S. The maximum atomic E-state index is 12.7. The fourth-order valence-electron chi connectivity index (χ4n) is 3.86. The van der Waals surface area contributed by atoms with E-state index >= 15 is 0 Å². The third-order valence-electron chi connectivity index (χ3n) is 5.32. The first kappa shape index (κ1) is 21.8. The monoisotopic (exact) mass is 455 g/mol. The van der Waals surface area contributed by atoms with Crippen molar-refractivity contribution in [3.05, 3.63) is 62.2 Å². The number of carbonyl (C=O) groups is 1. The number of halogens is 1. The number of nitrogens with zero attached hydrogens (tertiary/aromatic N) is 2. The molecule has 5 nitrogen and oxygen atoms in total. The summed E-state index contributed by atoms with van der Waals surface area (Å²) in [5, 5.41) is 8.35. The van der Waals surface area contributed by atoms with Crippen LogP contribution in [0, 0.1) is 20.8 Å². The predicted molar refractivity (Wildman–Crippen MR) is 126 cm³/mol. The molecule has 0 fully saturated rings. The molecule has 7 heteroatoms. The van der Waals surface area contributed by atoms with Gasteiger partial charge in [0.25, 0.3) is 0 Å². The van der Waals surface area contributed by atoms with Gasteiger partial charge in [0.15, 0.2) is 0 Å². The third-order valence-corrected chi connectivity index (χ3v) is 6.80. The van der Waals surface area contributed by atoms with Gasteiger partial charge in [-0.05, 0) is 59.2 Å². The molecule has 1 aromatic carbocycles. The zero-order valence-corrected chi connectivity index (χ0v) is 20.2.